The zero-order valence-electron chi connectivity index (χ0n) is 18.8. The summed E-state index contributed by atoms with van der Waals surface area (Å²) in [6.45, 7) is 8.10. The number of nitrogens with zero attached hydrogens (tertiary/aromatic N) is 2. The molecular weight excluding hydrogens is 368 g/mol. The van der Waals surface area contributed by atoms with Crippen molar-refractivity contribution in [1.29, 1.82) is 0 Å². The average Bonchev–Trinajstić information content (AvgIpc) is 3.11. The van der Waals surface area contributed by atoms with Crippen molar-refractivity contribution < 1.29 is 4.79 Å². The molecule has 0 N–H and O–H groups in total. The van der Waals surface area contributed by atoms with Gasteiger partial charge in [0.05, 0.1) is 12.0 Å². The molecule has 6 rings (SSSR count). The Morgan fingerprint density at radius 2 is 1.73 bits per heavy atom. The third kappa shape index (κ3) is 3.61. The maximum absolute atomic E-state index is 14.0. The molecule has 0 spiro atoms. The number of carbonyl (C=O) groups excluding carboxylic acids is 1. The van der Waals surface area contributed by atoms with Crippen LogP contribution in [-0.2, 0) is 17.9 Å². The normalized spacial score (nSPS) is 29.5. The Balaban J connectivity index is 1.37. The molecule has 1 amide bonds. The predicted molar refractivity (Wildman–Crippen MR) is 121 cm³/mol. The second-order valence-corrected chi connectivity index (χ2v) is 10.8. The standard InChI is InChI=1S/C27H36N2O/c1-19(2)29(26(30)27-14-22-11-23(15-27)13-24(12-22)16-27)18-25-8-5-9-28(25)17-21-7-4-6-20(3)10-21/h4-10,19,22-24H,11-18H2,1-3H3. The zero-order valence-corrected chi connectivity index (χ0v) is 18.8. The average molecular weight is 405 g/mol. The molecule has 0 unspecified atom stereocenters. The monoisotopic (exact) mass is 404 g/mol. The minimum atomic E-state index is -0.0625. The summed E-state index contributed by atoms with van der Waals surface area (Å²) in [4.78, 5) is 16.2. The van der Waals surface area contributed by atoms with Gasteiger partial charge in [0.2, 0.25) is 5.91 Å². The molecule has 0 aliphatic heterocycles. The van der Waals surface area contributed by atoms with E-state index in [0.717, 1.165) is 50.1 Å². The Bertz CT molecular complexity index is 889. The summed E-state index contributed by atoms with van der Waals surface area (Å²) in [7, 11) is 0. The predicted octanol–water partition coefficient (Wildman–Crippen LogP) is 5.80. The van der Waals surface area contributed by atoms with Gasteiger partial charge in [0.1, 0.15) is 0 Å². The van der Waals surface area contributed by atoms with Crippen molar-refractivity contribution in [2.45, 2.75) is 78.4 Å². The van der Waals surface area contributed by atoms with Crippen molar-refractivity contribution in [3.8, 4) is 0 Å². The molecule has 4 aliphatic carbocycles. The van der Waals surface area contributed by atoms with Crippen molar-refractivity contribution >= 4 is 5.91 Å². The Labute approximate surface area is 181 Å². The maximum atomic E-state index is 14.0. The lowest BCUT2D eigenvalue weighted by Crippen LogP contribution is -2.55. The van der Waals surface area contributed by atoms with Gasteiger partial charge in [0, 0.05) is 24.5 Å². The Kier molecular flexibility index (Phi) is 5.03. The van der Waals surface area contributed by atoms with Crippen molar-refractivity contribution in [2.75, 3.05) is 0 Å². The molecule has 4 saturated carbocycles. The van der Waals surface area contributed by atoms with Crippen molar-refractivity contribution in [3.05, 3.63) is 59.4 Å². The molecule has 0 atom stereocenters. The molecule has 4 bridgehead atoms. The lowest BCUT2D eigenvalue weighted by atomic mass is 9.49. The van der Waals surface area contributed by atoms with Crippen LogP contribution in [0.5, 0.6) is 0 Å². The molecule has 3 heteroatoms. The molecule has 1 aromatic heterocycles. The molecule has 160 valence electrons. The van der Waals surface area contributed by atoms with Gasteiger partial charge >= 0.3 is 0 Å². The van der Waals surface area contributed by atoms with E-state index in [1.165, 1.54) is 36.1 Å². The van der Waals surface area contributed by atoms with Gasteiger partial charge in [0.25, 0.3) is 0 Å². The Hall–Kier alpha value is -2.03. The van der Waals surface area contributed by atoms with E-state index in [4.69, 9.17) is 0 Å². The summed E-state index contributed by atoms with van der Waals surface area (Å²) in [6, 6.07) is 13.3. The molecule has 2 aromatic rings. The molecule has 3 nitrogen and oxygen atoms in total. The highest BCUT2D eigenvalue weighted by atomic mass is 16.2. The van der Waals surface area contributed by atoms with Crippen LogP contribution in [0.15, 0.2) is 42.6 Å². The molecule has 30 heavy (non-hydrogen) atoms. The molecule has 1 aromatic carbocycles. The topological polar surface area (TPSA) is 25.2 Å². The lowest BCUT2D eigenvalue weighted by Gasteiger charge is -2.57. The van der Waals surface area contributed by atoms with Crippen LogP contribution >= 0.6 is 0 Å². The highest BCUT2D eigenvalue weighted by Crippen LogP contribution is 2.60. The van der Waals surface area contributed by atoms with Crippen LogP contribution in [0.1, 0.15) is 69.2 Å². The van der Waals surface area contributed by atoms with Crippen LogP contribution in [0.4, 0.5) is 0 Å². The molecule has 0 radical (unpaired) electrons. The Morgan fingerprint density at radius 3 is 2.33 bits per heavy atom. The fourth-order valence-electron chi connectivity index (χ4n) is 7.10. The first-order valence-electron chi connectivity index (χ1n) is 11.9. The molecule has 0 saturated heterocycles. The van der Waals surface area contributed by atoms with E-state index in [0.29, 0.717) is 5.91 Å². The third-order valence-corrected chi connectivity index (χ3v) is 8.07. The van der Waals surface area contributed by atoms with E-state index in [1.807, 2.05) is 0 Å². The first-order valence-corrected chi connectivity index (χ1v) is 11.9. The number of amides is 1. The SMILES string of the molecule is Cc1cccc(Cn2cccc2CN(C(=O)C23CC4CC(CC(C4)C2)C3)C(C)C)c1. The van der Waals surface area contributed by atoms with Crippen LogP contribution in [0, 0.1) is 30.1 Å². The fourth-order valence-corrected chi connectivity index (χ4v) is 7.10. The number of hydrogen-bond donors (Lipinski definition) is 0. The number of hydrogen-bond acceptors (Lipinski definition) is 1. The summed E-state index contributed by atoms with van der Waals surface area (Å²) >= 11 is 0. The van der Waals surface area contributed by atoms with E-state index < -0.39 is 0 Å². The number of rotatable bonds is 6. The largest absolute Gasteiger partial charge is 0.345 e. The van der Waals surface area contributed by atoms with Gasteiger partial charge in [0.15, 0.2) is 0 Å². The van der Waals surface area contributed by atoms with E-state index in [1.54, 1.807) is 0 Å². The van der Waals surface area contributed by atoms with Crippen molar-refractivity contribution in [1.82, 2.24) is 9.47 Å². The van der Waals surface area contributed by atoms with E-state index in [-0.39, 0.29) is 11.5 Å². The number of aromatic nitrogens is 1. The number of carbonyl (C=O) groups is 1. The fraction of sp³-hybridized carbons (Fsp3) is 0.593. The zero-order chi connectivity index (χ0) is 20.9. The summed E-state index contributed by atoms with van der Waals surface area (Å²) in [5, 5.41) is 0. The Morgan fingerprint density at radius 1 is 1.07 bits per heavy atom. The summed E-state index contributed by atoms with van der Waals surface area (Å²) < 4.78 is 2.32. The van der Waals surface area contributed by atoms with Crippen LogP contribution < -0.4 is 0 Å². The van der Waals surface area contributed by atoms with Gasteiger partial charge < -0.3 is 9.47 Å². The minimum Gasteiger partial charge on any atom is -0.345 e. The number of benzene rings is 1. The van der Waals surface area contributed by atoms with Gasteiger partial charge in [-0.05, 0) is 94.7 Å². The highest BCUT2D eigenvalue weighted by Gasteiger charge is 2.55. The molecular formula is C27H36N2O. The van der Waals surface area contributed by atoms with Gasteiger partial charge in [-0.3, -0.25) is 4.79 Å². The van der Waals surface area contributed by atoms with E-state index in [9.17, 15) is 4.79 Å². The van der Waals surface area contributed by atoms with Crippen LogP contribution in [0.2, 0.25) is 0 Å². The van der Waals surface area contributed by atoms with Gasteiger partial charge in [-0.25, -0.2) is 0 Å². The minimum absolute atomic E-state index is 0.0625. The summed E-state index contributed by atoms with van der Waals surface area (Å²) in [5.41, 5.74) is 3.79. The first kappa shape index (κ1) is 19.9. The molecule has 4 fully saturated rings. The van der Waals surface area contributed by atoms with E-state index >= 15 is 0 Å². The van der Waals surface area contributed by atoms with Gasteiger partial charge in [-0.15, -0.1) is 0 Å². The quantitative estimate of drug-likeness (QED) is 0.597. The maximum Gasteiger partial charge on any atom is 0.229 e. The number of aryl methyl sites for hydroxylation is 1. The molecule has 4 aliphatic rings. The third-order valence-electron chi connectivity index (χ3n) is 8.07. The first-order chi connectivity index (χ1) is 14.4. The van der Waals surface area contributed by atoms with Crippen LogP contribution in [0.3, 0.4) is 0 Å². The second kappa shape index (κ2) is 7.59. The summed E-state index contributed by atoms with van der Waals surface area (Å²) in [5.74, 6) is 2.86. The highest BCUT2D eigenvalue weighted by molar-refractivity contribution is 5.83. The van der Waals surface area contributed by atoms with Crippen LogP contribution in [0.25, 0.3) is 0 Å². The molecule has 1 heterocycles. The van der Waals surface area contributed by atoms with Gasteiger partial charge in [-0.2, -0.15) is 0 Å². The lowest BCUT2D eigenvalue weighted by molar-refractivity contribution is -0.160. The second-order valence-electron chi connectivity index (χ2n) is 10.8. The van der Waals surface area contributed by atoms with Crippen molar-refractivity contribution in [3.63, 3.8) is 0 Å². The van der Waals surface area contributed by atoms with Gasteiger partial charge in [-0.1, -0.05) is 29.8 Å². The summed E-state index contributed by atoms with van der Waals surface area (Å²) in [6.07, 6.45) is 9.74. The van der Waals surface area contributed by atoms with Crippen LogP contribution in [-0.4, -0.2) is 21.4 Å². The van der Waals surface area contributed by atoms with Crippen molar-refractivity contribution in [2.24, 2.45) is 23.2 Å². The smallest absolute Gasteiger partial charge is 0.229 e. The van der Waals surface area contributed by atoms with E-state index in [2.05, 4.69) is 72.8 Å².